The maximum absolute atomic E-state index is 5.41. The molecule has 0 saturated heterocycles. The molecule has 0 fully saturated rings. The van der Waals surface area contributed by atoms with Gasteiger partial charge in [0.15, 0.2) is 0 Å². The summed E-state index contributed by atoms with van der Waals surface area (Å²) in [6.07, 6.45) is 37.4. The van der Waals surface area contributed by atoms with Gasteiger partial charge in [0.1, 0.15) is 0 Å². The van der Waals surface area contributed by atoms with Gasteiger partial charge in [-0.1, -0.05) is 146 Å². The first kappa shape index (κ1) is 31.7. The van der Waals surface area contributed by atoms with E-state index in [1.807, 2.05) is 0 Å². The molecule has 2 heteroatoms. The quantitative estimate of drug-likeness (QED) is 0.280. The number of nitrogens with one attached hydrogen (secondary N) is 1. The Labute approximate surface area is 302 Å². The van der Waals surface area contributed by atoms with Crippen molar-refractivity contribution in [3.05, 3.63) is 209 Å². The lowest BCUT2D eigenvalue weighted by molar-refractivity contribution is 0.494. The fourth-order valence-electron chi connectivity index (χ4n) is 8.80. The van der Waals surface area contributed by atoms with Crippen LogP contribution in [0, 0.1) is 17.8 Å². The standard InChI is InChI=1S/C49H44N2/c1-33-42(34-15-5-2-6-16-34)25-26-47(50-33)41-28-38(27-40(29-41)46-30-37-21-11-12-22-43(37)44-23-13-14-24-45(44)46)39-31-48(35-17-7-3-8-18-35)51-49(32-39)36-19-9-4-10-20-36/h2-19,21-25,27-31,33,36,43-44,47,49-50H,20,26,32H2,1H3/t33-,36?,43?,44?,47?,49?/m0/s1. The van der Waals surface area contributed by atoms with Crippen molar-refractivity contribution in [2.75, 3.05) is 0 Å². The van der Waals surface area contributed by atoms with Crippen molar-refractivity contribution in [2.24, 2.45) is 22.7 Å². The molecule has 6 atom stereocenters. The van der Waals surface area contributed by atoms with Crippen LogP contribution in [-0.2, 0) is 0 Å². The van der Waals surface area contributed by atoms with Crippen LogP contribution in [0.1, 0.15) is 60.0 Å². The zero-order valence-corrected chi connectivity index (χ0v) is 29.2. The summed E-state index contributed by atoms with van der Waals surface area (Å²) in [5.74, 6) is 1.10. The predicted octanol–water partition coefficient (Wildman–Crippen LogP) is 11.1. The van der Waals surface area contributed by atoms with Gasteiger partial charge in [0.2, 0.25) is 0 Å². The smallest absolute Gasteiger partial charge is 0.0653 e. The summed E-state index contributed by atoms with van der Waals surface area (Å²) >= 11 is 0. The van der Waals surface area contributed by atoms with Gasteiger partial charge in [-0.15, -0.1) is 0 Å². The average Bonchev–Trinajstić information content (AvgIpc) is 3.21. The number of aliphatic imine (C=N–C) groups is 1. The molecule has 1 N–H and O–H groups in total. The van der Waals surface area contributed by atoms with Crippen LogP contribution < -0.4 is 5.32 Å². The molecule has 0 saturated carbocycles. The highest BCUT2D eigenvalue weighted by molar-refractivity contribution is 6.13. The highest BCUT2D eigenvalue weighted by Gasteiger charge is 2.32. The zero-order valence-electron chi connectivity index (χ0n) is 29.2. The van der Waals surface area contributed by atoms with Gasteiger partial charge < -0.3 is 5.32 Å². The minimum absolute atomic E-state index is 0.187. The lowest BCUT2D eigenvalue weighted by Crippen LogP contribution is -2.34. The molecule has 0 spiro atoms. The Bertz CT molecular complexity index is 2180. The first-order valence-electron chi connectivity index (χ1n) is 18.7. The van der Waals surface area contributed by atoms with Crippen LogP contribution in [0.15, 0.2) is 186 Å². The third-order valence-corrected chi connectivity index (χ3v) is 11.4. The highest BCUT2D eigenvalue weighted by Crippen LogP contribution is 2.45. The Balaban J connectivity index is 1.18. The van der Waals surface area contributed by atoms with Crippen molar-refractivity contribution in [1.82, 2.24) is 5.32 Å². The lowest BCUT2D eigenvalue weighted by atomic mass is 9.70. The molecule has 250 valence electrons. The van der Waals surface area contributed by atoms with Gasteiger partial charge in [0, 0.05) is 29.8 Å². The van der Waals surface area contributed by atoms with Gasteiger partial charge in [-0.2, -0.15) is 0 Å². The third-order valence-electron chi connectivity index (χ3n) is 11.4. The number of hydrogen-bond donors (Lipinski definition) is 1. The molecule has 0 amide bonds. The van der Waals surface area contributed by atoms with Crippen molar-refractivity contribution in [3.8, 4) is 0 Å². The number of fused-ring (bicyclic) bond motifs is 3. The summed E-state index contributed by atoms with van der Waals surface area (Å²) in [6, 6.07) is 29.6. The van der Waals surface area contributed by atoms with Crippen molar-refractivity contribution in [1.29, 1.82) is 0 Å². The number of benzene rings is 3. The summed E-state index contributed by atoms with van der Waals surface area (Å²) < 4.78 is 0. The Hall–Kier alpha value is -5.31. The molecule has 3 aromatic rings. The molecular weight excluding hydrogens is 617 g/mol. The molecule has 2 aliphatic heterocycles. The molecule has 4 aliphatic carbocycles. The summed E-state index contributed by atoms with van der Waals surface area (Å²) in [5.41, 5.74) is 14.4. The molecule has 0 radical (unpaired) electrons. The van der Waals surface area contributed by atoms with E-state index in [1.165, 1.54) is 55.7 Å². The van der Waals surface area contributed by atoms with Crippen molar-refractivity contribution in [3.63, 3.8) is 0 Å². The second-order valence-electron chi connectivity index (χ2n) is 14.6. The molecule has 0 aromatic heterocycles. The summed E-state index contributed by atoms with van der Waals surface area (Å²) in [6.45, 7) is 2.31. The van der Waals surface area contributed by atoms with E-state index in [1.54, 1.807) is 0 Å². The van der Waals surface area contributed by atoms with Gasteiger partial charge in [0.25, 0.3) is 0 Å². The molecule has 51 heavy (non-hydrogen) atoms. The average molecular weight is 661 g/mol. The van der Waals surface area contributed by atoms with E-state index in [0.717, 1.165) is 25.0 Å². The van der Waals surface area contributed by atoms with Crippen LogP contribution in [0.4, 0.5) is 0 Å². The Morgan fingerprint density at radius 1 is 0.667 bits per heavy atom. The largest absolute Gasteiger partial charge is 0.303 e. The third kappa shape index (κ3) is 6.30. The van der Waals surface area contributed by atoms with Crippen LogP contribution in [0.25, 0.3) is 16.7 Å². The maximum atomic E-state index is 5.41. The predicted molar refractivity (Wildman–Crippen MR) is 215 cm³/mol. The Morgan fingerprint density at radius 3 is 2.20 bits per heavy atom. The second-order valence-corrected chi connectivity index (χ2v) is 14.6. The Kier molecular flexibility index (Phi) is 8.55. The molecular formula is C49H44N2. The number of dihydropyridines is 1. The topological polar surface area (TPSA) is 24.4 Å². The lowest BCUT2D eigenvalue weighted by Gasteiger charge is -2.34. The number of rotatable bonds is 6. The first-order valence-corrected chi connectivity index (χ1v) is 18.7. The van der Waals surface area contributed by atoms with E-state index in [4.69, 9.17) is 4.99 Å². The monoisotopic (exact) mass is 660 g/mol. The van der Waals surface area contributed by atoms with Crippen molar-refractivity contribution < 1.29 is 0 Å². The number of hydrogen-bond acceptors (Lipinski definition) is 2. The minimum Gasteiger partial charge on any atom is -0.303 e. The van der Waals surface area contributed by atoms with E-state index in [-0.39, 0.29) is 18.1 Å². The van der Waals surface area contributed by atoms with E-state index >= 15 is 0 Å². The highest BCUT2D eigenvalue weighted by atomic mass is 15.0. The fourth-order valence-corrected chi connectivity index (χ4v) is 8.80. The SMILES string of the molecule is C[C@@H]1NC(c2cc(C3=CC(c4ccccc4)=NC(C4C=CC=CC4)C3)cc(C3=C4C=CC=CC4C4C=CC=CC4=C3)c2)CC=C1c1ccccc1. The molecule has 5 unspecified atom stereocenters. The molecule has 0 bridgehead atoms. The summed E-state index contributed by atoms with van der Waals surface area (Å²) in [7, 11) is 0. The molecule has 6 aliphatic rings. The first-order chi connectivity index (χ1) is 25.2. The maximum Gasteiger partial charge on any atom is 0.0653 e. The van der Waals surface area contributed by atoms with E-state index < -0.39 is 0 Å². The van der Waals surface area contributed by atoms with Gasteiger partial charge in [-0.25, -0.2) is 0 Å². The van der Waals surface area contributed by atoms with Crippen LogP contribution in [0.5, 0.6) is 0 Å². The minimum atomic E-state index is 0.187. The molecule has 3 aromatic carbocycles. The van der Waals surface area contributed by atoms with Crippen LogP contribution in [0.2, 0.25) is 0 Å². The van der Waals surface area contributed by atoms with Crippen LogP contribution in [0.3, 0.4) is 0 Å². The van der Waals surface area contributed by atoms with Gasteiger partial charge in [-0.3, -0.25) is 4.99 Å². The Morgan fingerprint density at radius 2 is 1.41 bits per heavy atom. The second kappa shape index (κ2) is 13.8. The van der Waals surface area contributed by atoms with Crippen molar-refractivity contribution >= 4 is 22.4 Å². The summed E-state index contributed by atoms with van der Waals surface area (Å²) in [4.78, 5) is 5.41. The van der Waals surface area contributed by atoms with Crippen molar-refractivity contribution in [2.45, 2.75) is 44.3 Å². The van der Waals surface area contributed by atoms with E-state index in [0.29, 0.717) is 17.8 Å². The van der Waals surface area contributed by atoms with Gasteiger partial charge >= 0.3 is 0 Å². The van der Waals surface area contributed by atoms with Crippen LogP contribution in [-0.4, -0.2) is 17.8 Å². The van der Waals surface area contributed by atoms with Gasteiger partial charge in [0.05, 0.1) is 11.8 Å². The zero-order chi connectivity index (χ0) is 34.1. The normalized spacial score (nSPS) is 27.7. The molecule has 2 nitrogen and oxygen atoms in total. The fraction of sp³-hybridized carbons (Fsp3) is 0.204. The number of allylic oxidation sites excluding steroid dienone is 16. The van der Waals surface area contributed by atoms with Crippen LogP contribution >= 0.6 is 0 Å². The molecule has 9 rings (SSSR count). The summed E-state index contributed by atoms with van der Waals surface area (Å²) in [5, 5.41) is 4.03. The van der Waals surface area contributed by atoms with E-state index in [2.05, 4.69) is 182 Å². The number of nitrogens with zero attached hydrogens (tertiary/aromatic N) is 1. The van der Waals surface area contributed by atoms with Gasteiger partial charge in [-0.05, 0) is 106 Å². The molecule has 2 heterocycles. The van der Waals surface area contributed by atoms with E-state index in [9.17, 15) is 0 Å².